The van der Waals surface area contributed by atoms with E-state index < -0.39 is 17.9 Å². The van der Waals surface area contributed by atoms with E-state index >= 15 is 0 Å². The summed E-state index contributed by atoms with van der Waals surface area (Å²) in [6.07, 6.45) is 2.20. The first-order chi connectivity index (χ1) is 13.5. The number of carbonyl (C=O) groups excluding carboxylic acids is 2. The lowest BCUT2D eigenvalue weighted by Gasteiger charge is -2.20. The molecule has 28 heavy (non-hydrogen) atoms. The van der Waals surface area contributed by atoms with Gasteiger partial charge >= 0.3 is 5.97 Å². The second-order valence-electron chi connectivity index (χ2n) is 6.57. The van der Waals surface area contributed by atoms with E-state index in [-0.39, 0.29) is 11.0 Å². The Morgan fingerprint density at radius 3 is 2.18 bits per heavy atom. The molecule has 0 saturated carbocycles. The molecule has 0 radical (unpaired) electrons. The number of thioether (sulfide) groups is 1. The van der Waals surface area contributed by atoms with Gasteiger partial charge in [0.25, 0.3) is 0 Å². The van der Waals surface area contributed by atoms with Crippen LogP contribution in [0.15, 0.2) is 60.7 Å². The molecule has 2 rings (SSSR count). The Labute approximate surface area is 169 Å². The van der Waals surface area contributed by atoms with Gasteiger partial charge in [-0.3, -0.25) is 9.59 Å². The molecule has 1 amide bonds. The molecule has 148 valence electrons. The van der Waals surface area contributed by atoms with Crippen LogP contribution in [0.1, 0.15) is 36.9 Å². The topological polar surface area (TPSA) is 83.5 Å². The molecular formula is C22H25NO4S. The van der Waals surface area contributed by atoms with Gasteiger partial charge in [-0.1, -0.05) is 72.4 Å². The molecule has 2 aromatic carbocycles. The molecule has 2 N–H and O–H groups in total. The third-order valence-electron chi connectivity index (χ3n) is 4.39. The summed E-state index contributed by atoms with van der Waals surface area (Å²) < 4.78 is 0. The molecule has 0 aromatic heterocycles. The smallest absolute Gasteiger partial charge is 0.330 e. The van der Waals surface area contributed by atoms with E-state index in [0.29, 0.717) is 17.7 Å². The van der Waals surface area contributed by atoms with Crippen molar-refractivity contribution in [2.45, 2.75) is 32.2 Å². The molecule has 0 aliphatic carbocycles. The summed E-state index contributed by atoms with van der Waals surface area (Å²) in [6.45, 7) is 1.47. The summed E-state index contributed by atoms with van der Waals surface area (Å²) in [7, 11) is 0. The number of rotatable bonds is 10. The zero-order chi connectivity index (χ0) is 20.4. The molecule has 0 aliphatic rings. The zero-order valence-electron chi connectivity index (χ0n) is 15.8. The number of carboxylic acid groups (broad SMARTS) is 1. The summed E-state index contributed by atoms with van der Waals surface area (Å²) in [5.41, 5.74) is 1.71. The summed E-state index contributed by atoms with van der Waals surface area (Å²) in [5, 5.41) is 12.1. The molecule has 0 heterocycles. The molecule has 6 heteroatoms. The molecule has 1 unspecified atom stereocenters. The summed E-state index contributed by atoms with van der Waals surface area (Å²) in [6, 6.07) is 17.5. The highest BCUT2D eigenvalue weighted by molar-refractivity contribution is 8.13. The Balaban J connectivity index is 2.02. The first kappa shape index (κ1) is 21.7. The SMILES string of the molecule is CC(=O)SCC(CCCc1ccccc1)C(=O)N[C@@H](C(=O)O)c1ccccc1. The first-order valence-electron chi connectivity index (χ1n) is 9.22. The van der Waals surface area contributed by atoms with Gasteiger partial charge in [-0.25, -0.2) is 4.79 Å². The van der Waals surface area contributed by atoms with E-state index in [0.717, 1.165) is 24.6 Å². The van der Waals surface area contributed by atoms with Crippen LogP contribution in [0.2, 0.25) is 0 Å². The molecule has 5 nitrogen and oxygen atoms in total. The number of hydrogen-bond donors (Lipinski definition) is 2. The average Bonchev–Trinajstić information content (AvgIpc) is 2.69. The summed E-state index contributed by atoms with van der Waals surface area (Å²) >= 11 is 1.10. The fourth-order valence-corrected chi connectivity index (χ4v) is 3.65. The zero-order valence-corrected chi connectivity index (χ0v) is 16.7. The fraction of sp³-hybridized carbons (Fsp3) is 0.318. The first-order valence-corrected chi connectivity index (χ1v) is 10.2. The minimum atomic E-state index is -1.11. The Kier molecular flexibility index (Phi) is 8.75. The molecule has 0 bridgehead atoms. The van der Waals surface area contributed by atoms with Crippen LogP contribution >= 0.6 is 11.8 Å². The third-order valence-corrected chi connectivity index (χ3v) is 5.36. The highest BCUT2D eigenvalue weighted by Gasteiger charge is 2.26. The van der Waals surface area contributed by atoms with Gasteiger partial charge in [0.1, 0.15) is 0 Å². The van der Waals surface area contributed by atoms with Gasteiger partial charge < -0.3 is 10.4 Å². The van der Waals surface area contributed by atoms with Crippen LogP contribution in [0.4, 0.5) is 0 Å². The van der Waals surface area contributed by atoms with Crippen molar-refractivity contribution in [3.63, 3.8) is 0 Å². The summed E-state index contributed by atoms with van der Waals surface area (Å²) in [4.78, 5) is 35.8. The predicted molar refractivity (Wildman–Crippen MR) is 111 cm³/mol. The van der Waals surface area contributed by atoms with E-state index in [1.807, 2.05) is 30.3 Å². The van der Waals surface area contributed by atoms with Crippen LogP contribution in [-0.2, 0) is 20.8 Å². The Hall–Kier alpha value is -2.60. The Morgan fingerprint density at radius 1 is 1.00 bits per heavy atom. The number of hydrogen-bond acceptors (Lipinski definition) is 4. The molecule has 0 fully saturated rings. The predicted octanol–water partition coefficient (Wildman–Crippen LogP) is 3.85. The number of amides is 1. The minimum absolute atomic E-state index is 0.0568. The van der Waals surface area contributed by atoms with Gasteiger partial charge in [0, 0.05) is 18.6 Å². The van der Waals surface area contributed by atoms with Crippen LogP contribution in [0.25, 0.3) is 0 Å². The molecule has 0 saturated heterocycles. The fourth-order valence-electron chi connectivity index (χ4n) is 2.90. The molecule has 0 aliphatic heterocycles. The number of nitrogens with one attached hydrogen (secondary N) is 1. The maximum absolute atomic E-state index is 12.8. The van der Waals surface area contributed by atoms with Crippen LogP contribution in [-0.4, -0.2) is 27.9 Å². The van der Waals surface area contributed by atoms with Gasteiger partial charge in [0.05, 0.1) is 0 Å². The van der Waals surface area contributed by atoms with E-state index in [1.54, 1.807) is 30.3 Å². The third kappa shape index (κ3) is 7.19. The quantitative estimate of drug-likeness (QED) is 0.634. The number of benzene rings is 2. The van der Waals surface area contributed by atoms with Crippen LogP contribution in [0.3, 0.4) is 0 Å². The maximum atomic E-state index is 12.8. The van der Waals surface area contributed by atoms with Crippen LogP contribution in [0, 0.1) is 5.92 Å². The van der Waals surface area contributed by atoms with Gasteiger partial charge in [0.15, 0.2) is 11.2 Å². The highest BCUT2D eigenvalue weighted by atomic mass is 32.2. The lowest BCUT2D eigenvalue weighted by Crippen LogP contribution is -2.38. The Morgan fingerprint density at radius 2 is 1.61 bits per heavy atom. The van der Waals surface area contributed by atoms with E-state index in [4.69, 9.17) is 0 Å². The lowest BCUT2D eigenvalue weighted by molar-refractivity contribution is -0.142. The van der Waals surface area contributed by atoms with Crippen molar-refractivity contribution in [1.29, 1.82) is 0 Å². The standard InChI is InChI=1S/C22H25NO4S/c1-16(24)28-15-19(14-8-11-17-9-4-2-5-10-17)21(25)23-20(22(26)27)18-12-6-3-7-13-18/h2-7,9-10,12-13,19-20H,8,11,14-15H2,1H3,(H,23,25)(H,26,27)/t19?,20-/m1/s1. The van der Waals surface area contributed by atoms with Crippen molar-refractivity contribution < 1.29 is 19.5 Å². The van der Waals surface area contributed by atoms with E-state index in [9.17, 15) is 19.5 Å². The molecule has 0 spiro atoms. The second kappa shape index (κ2) is 11.3. The van der Waals surface area contributed by atoms with E-state index in [2.05, 4.69) is 5.32 Å². The largest absolute Gasteiger partial charge is 0.479 e. The highest BCUT2D eigenvalue weighted by Crippen LogP contribution is 2.20. The number of aliphatic carboxylic acids is 1. The maximum Gasteiger partial charge on any atom is 0.330 e. The van der Waals surface area contributed by atoms with Crippen molar-refractivity contribution in [3.05, 3.63) is 71.8 Å². The molecule has 2 atom stereocenters. The van der Waals surface area contributed by atoms with Crippen molar-refractivity contribution in [2.24, 2.45) is 5.92 Å². The second-order valence-corrected chi connectivity index (χ2v) is 7.76. The minimum Gasteiger partial charge on any atom is -0.479 e. The number of carbonyl (C=O) groups is 3. The Bertz CT molecular complexity index is 780. The monoisotopic (exact) mass is 399 g/mol. The number of carboxylic acids is 1. The van der Waals surface area contributed by atoms with Crippen molar-refractivity contribution in [3.8, 4) is 0 Å². The number of aryl methyl sites for hydroxylation is 1. The average molecular weight is 400 g/mol. The van der Waals surface area contributed by atoms with Crippen LogP contribution < -0.4 is 5.32 Å². The van der Waals surface area contributed by atoms with Crippen molar-refractivity contribution in [1.82, 2.24) is 5.32 Å². The van der Waals surface area contributed by atoms with Gasteiger partial charge in [-0.15, -0.1) is 0 Å². The summed E-state index contributed by atoms with van der Waals surface area (Å²) in [5.74, 6) is -1.53. The van der Waals surface area contributed by atoms with E-state index in [1.165, 1.54) is 12.5 Å². The molecule has 2 aromatic rings. The van der Waals surface area contributed by atoms with Gasteiger partial charge in [-0.05, 0) is 30.4 Å². The molecular weight excluding hydrogens is 374 g/mol. The van der Waals surface area contributed by atoms with Crippen molar-refractivity contribution >= 4 is 28.8 Å². The normalized spacial score (nSPS) is 12.8. The van der Waals surface area contributed by atoms with Crippen LogP contribution in [0.5, 0.6) is 0 Å². The lowest BCUT2D eigenvalue weighted by atomic mass is 9.99. The van der Waals surface area contributed by atoms with Gasteiger partial charge in [0.2, 0.25) is 5.91 Å². The van der Waals surface area contributed by atoms with Gasteiger partial charge in [-0.2, -0.15) is 0 Å². The van der Waals surface area contributed by atoms with Crippen molar-refractivity contribution in [2.75, 3.05) is 5.75 Å².